The van der Waals surface area contributed by atoms with Crippen molar-refractivity contribution in [1.82, 2.24) is 9.78 Å². The maximum absolute atomic E-state index is 12.3. The largest absolute Gasteiger partial charge is 0.307 e. The van der Waals surface area contributed by atoms with Gasteiger partial charge in [0.15, 0.2) is 0 Å². The first-order valence-electron chi connectivity index (χ1n) is 6.75. The Morgan fingerprint density at radius 2 is 2.25 bits per heavy atom. The highest BCUT2D eigenvalue weighted by molar-refractivity contribution is 9.10. The van der Waals surface area contributed by atoms with Crippen molar-refractivity contribution in [3.05, 3.63) is 46.6 Å². The van der Waals surface area contributed by atoms with Crippen LogP contribution in [0, 0.1) is 5.92 Å². The zero-order valence-corrected chi connectivity index (χ0v) is 12.8. The quantitative estimate of drug-likeness (QED) is 0.923. The van der Waals surface area contributed by atoms with E-state index in [1.807, 2.05) is 22.9 Å². The number of rotatable bonds is 4. The van der Waals surface area contributed by atoms with E-state index in [1.165, 1.54) is 12.8 Å². The zero-order chi connectivity index (χ0) is 14.1. The molecule has 104 valence electrons. The first-order valence-corrected chi connectivity index (χ1v) is 7.55. The van der Waals surface area contributed by atoms with Crippen molar-refractivity contribution < 1.29 is 4.79 Å². The van der Waals surface area contributed by atoms with Gasteiger partial charge >= 0.3 is 0 Å². The summed E-state index contributed by atoms with van der Waals surface area (Å²) >= 11 is 3.38. The average Bonchev–Trinajstić information content (AvgIpc) is 3.18. The number of hydrogen-bond donors (Lipinski definition) is 1. The molecule has 1 saturated carbocycles. The molecule has 1 fully saturated rings. The molecule has 1 unspecified atom stereocenters. The number of carbonyl (C=O) groups is 1. The van der Waals surface area contributed by atoms with Crippen LogP contribution in [0.5, 0.6) is 0 Å². The van der Waals surface area contributed by atoms with Crippen LogP contribution < -0.4 is 5.32 Å². The van der Waals surface area contributed by atoms with Crippen molar-refractivity contribution in [3.63, 3.8) is 0 Å². The topological polar surface area (TPSA) is 46.9 Å². The number of anilines is 1. The van der Waals surface area contributed by atoms with E-state index >= 15 is 0 Å². The van der Waals surface area contributed by atoms with E-state index in [-0.39, 0.29) is 5.91 Å². The monoisotopic (exact) mass is 333 g/mol. The Bertz CT molecular complexity index is 634. The molecule has 4 nitrogen and oxygen atoms in total. The van der Waals surface area contributed by atoms with E-state index < -0.39 is 0 Å². The molecule has 1 N–H and O–H groups in total. The summed E-state index contributed by atoms with van der Waals surface area (Å²) in [5, 5.41) is 7.27. The second-order valence-corrected chi connectivity index (χ2v) is 6.12. The molecule has 20 heavy (non-hydrogen) atoms. The Morgan fingerprint density at radius 1 is 1.45 bits per heavy atom. The van der Waals surface area contributed by atoms with Crippen LogP contribution in [-0.4, -0.2) is 15.7 Å². The molecule has 1 aromatic heterocycles. The average molecular weight is 334 g/mol. The van der Waals surface area contributed by atoms with Gasteiger partial charge in [-0.3, -0.25) is 4.79 Å². The summed E-state index contributed by atoms with van der Waals surface area (Å²) in [6.07, 6.45) is 4.23. The van der Waals surface area contributed by atoms with Gasteiger partial charge in [0.1, 0.15) is 5.82 Å². The first kappa shape index (κ1) is 13.4. The highest BCUT2D eigenvalue weighted by Crippen LogP contribution is 2.40. The summed E-state index contributed by atoms with van der Waals surface area (Å²) in [4.78, 5) is 12.3. The van der Waals surface area contributed by atoms with Gasteiger partial charge in [0.05, 0.1) is 12.2 Å². The summed E-state index contributed by atoms with van der Waals surface area (Å²) in [5.41, 5.74) is 0.631. The summed E-state index contributed by atoms with van der Waals surface area (Å²) in [6.45, 7) is 2.15. The molecule has 0 saturated heterocycles. The molecule has 1 heterocycles. The number of aromatic nitrogens is 2. The lowest BCUT2D eigenvalue weighted by Gasteiger charge is -2.15. The van der Waals surface area contributed by atoms with Crippen LogP contribution in [0.15, 0.2) is 41.0 Å². The third kappa shape index (κ3) is 2.77. The Hall–Kier alpha value is -1.62. The molecular formula is C15H16BrN3O. The van der Waals surface area contributed by atoms with E-state index in [0.717, 1.165) is 10.3 Å². The number of amides is 1. The fourth-order valence-electron chi connectivity index (χ4n) is 2.33. The standard InChI is InChI=1S/C15H16BrN3O/c1-10(11-5-6-11)19-14(7-8-17-19)18-15(20)12-3-2-4-13(16)9-12/h2-4,7-11H,5-6H2,1H3,(H,18,20). The number of nitrogens with zero attached hydrogens (tertiary/aromatic N) is 2. The number of halogens is 1. The molecule has 0 bridgehead atoms. The molecule has 1 aliphatic rings. The normalized spacial score (nSPS) is 15.9. The van der Waals surface area contributed by atoms with Crippen LogP contribution >= 0.6 is 15.9 Å². The first-order chi connectivity index (χ1) is 9.65. The van der Waals surface area contributed by atoms with Crippen LogP contribution in [0.4, 0.5) is 5.82 Å². The number of nitrogens with one attached hydrogen (secondary N) is 1. The third-order valence-corrected chi connectivity index (χ3v) is 4.18. The molecule has 3 rings (SSSR count). The highest BCUT2D eigenvalue weighted by Gasteiger charge is 2.30. The highest BCUT2D eigenvalue weighted by atomic mass is 79.9. The van der Waals surface area contributed by atoms with Gasteiger partial charge in [0.25, 0.3) is 5.91 Å². The lowest BCUT2D eigenvalue weighted by molar-refractivity contribution is 0.102. The maximum Gasteiger partial charge on any atom is 0.256 e. The van der Waals surface area contributed by atoms with Gasteiger partial charge in [-0.25, -0.2) is 4.68 Å². The van der Waals surface area contributed by atoms with Gasteiger partial charge in [0, 0.05) is 16.1 Å². The summed E-state index contributed by atoms with van der Waals surface area (Å²) in [7, 11) is 0. The van der Waals surface area contributed by atoms with Crippen LogP contribution in [-0.2, 0) is 0 Å². The lowest BCUT2D eigenvalue weighted by atomic mass is 10.2. The molecular weight excluding hydrogens is 318 g/mol. The van der Waals surface area contributed by atoms with Gasteiger partial charge in [-0.2, -0.15) is 5.10 Å². The van der Waals surface area contributed by atoms with Gasteiger partial charge in [-0.1, -0.05) is 22.0 Å². The molecule has 1 atom stereocenters. The third-order valence-electron chi connectivity index (χ3n) is 3.69. The summed E-state index contributed by atoms with van der Waals surface area (Å²) in [6, 6.07) is 9.53. The molecule has 1 aliphatic carbocycles. The second kappa shape index (κ2) is 5.40. The van der Waals surface area contributed by atoms with Gasteiger partial charge in [-0.05, 0) is 43.9 Å². The molecule has 1 amide bonds. The van der Waals surface area contributed by atoms with Crippen molar-refractivity contribution in [2.24, 2.45) is 5.92 Å². The minimum absolute atomic E-state index is 0.115. The maximum atomic E-state index is 12.3. The molecule has 0 spiro atoms. The van der Waals surface area contributed by atoms with Crippen LogP contribution in [0.2, 0.25) is 0 Å². The van der Waals surface area contributed by atoms with E-state index in [1.54, 1.807) is 18.3 Å². The minimum atomic E-state index is -0.115. The Labute approximate surface area is 126 Å². The van der Waals surface area contributed by atoms with Crippen LogP contribution in [0.1, 0.15) is 36.2 Å². The SMILES string of the molecule is CC(C1CC1)n1nccc1NC(=O)c1cccc(Br)c1. The van der Waals surface area contributed by atoms with Crippen molar-refractivity contribution in [1.29, 1.82) is 0 Å². The summed E-state index contributed by atoms with van der Waals surface area (Å²) < 4.78 is 2.80. The Balaban J connectivity index is 1.78. The smallest absolute Gasteiger partial charge is 0.256 e. The van der Waals surface area contributed by atoms with Gasteiger partial charge in [-0.15, -0.1) is 0 Å². The van der Waals surface area contributed by atoms with Crippen molar-refractivity contribution >= 4 is 27.7 Å². The van der Waals surface area contributed by atoms with Crippen LogP contribution in [0.25, 0.3) is 0 Å². The van der Waals surface area contributed by atoms with Crippen molar-refractivity contribution in [3.8, 4) is 0 Å². The van der Waals surface area contributed by atoms with Crippen LogP contribution in [0.3, 0.4) is 0 Å². The van der Waals surface area contributed by atoms with Crippen molar-refractivity contribution in [2.45, 2.75) is 25.8 Å². The van der Waals surface area contributed by atoms with E-state index in [2.05, 4.69) is 33.3 Å². The fourth-order valence-corrected chi connectivity index (χ4v) is 2.73. The number of carbonyl (C=O) groups excluding carboxylic acids is 1. The predicted molar refractivity (Wildman–Crippen MR) is 81.8 cm³/mol. The summed E-state index contributed by atoms with van der Waals surface area (Å²) in [5.74, 6) is 1.34. The number of benzene rings is 1. The van der Waals surface area contributed by atoms with Gasteiger partial charge in [0.2, 0.25) is 0 Å². The zero-order valence-electron chi connectivity index (χ0n) is 11.2. The van der Waals surface area contributed by atoms with E-state index in [0.29, 0.717) is 17.5 Å². The Morgan fingerprint density at radius 3 is 2.95 bits per heavy atom. The fraction of sp³-hybridized carbons (Fsp3) is 0.333. The van der Waals surface area contributed by atoms with E-state index in [9.17, 15) is 4.79 Å². The Kier molecular flexibility index (Phi) is 3.61. The molecule has 0 radical (unpaired) electrons. The minimum Gasteiger partial charge on any atom is -0.307 e. The lowest BCUT2D eigenvalue weighted by Crippen LogP contribution is -2.18. The van der Waals surface area contributed by atoms with E-state index in [4.69, 9.17) is 0 Å². The molecule has 5 heteroatoms. The van der Waals surface area contributed by atoms with Crippen molar-refractivity contribution in [2.75, 3.05) is 5.32 Å². The second-order valence-electron chi connectivity index (χ2n) is 5.20. The van der Waals surface area contributed by atoms with Gasteiger partial charge < -0.3 is 5.32 Å². The molecule has 2 aromatic rings. The number of hydrogen-bond acceptors (Lipinski definition) is 2. The molecule has 1 aromatic carbocycles. The predicted octanol–water partition coefficient (Wildman–Crippen LogP) is 3.87. The molecule has 0 aliphatic heterocycles.